The van der Waals surface area contributed by atoms with Crippen molar-refractivity contribution in [1.29, 1.82) is 0 Å². The van der Waals surface area contributed by atoms with Gasteiger partial charge in [-0.15, -0.1) is 0 Å². The molecular weight excluding hydrogens is 250 g/mol. The summed E-state index contributed by atoms with van der Waals surface area (Å²) in [5, 5.41) is 17.9. The molecule has 0 radical (unpaired) electrons. The van der Waals surface area contributed by atoms with Crippen LogP contribution in [0.3, 0.4) is 0 Å². The molecule has 0 aliphatic carbocycles. The first kappa shape index (κ1) is 13.1. The zero-order valence-corrected chi connectivity index (χ0v) is 10.9. The van der Waals surface area contributed by atoms with Crippen molar-refractivity contribution in [2.45, 2.75) is 12.6 Å². The Morgan fingerprint density at radius 2 is 2.11 bits per heavy atom. The average Bonchev–Trinajstić information content (AvgIpc) is 2.76. The van der Waals surface area contributed by atoms with Gasteiger partial charge in [0.15, 0.2) is 0 Å². The van der Waals surface area contributed by atoms with Crippen molar-refractivity contribution < 1.29 is 5.11 Å². The lowest BCUT2D eigenvalue weighted by Crippen LogP contribution is -2.20. The number of halogens is 1. The van der Waals surface area contributed by atoms with Gasteiger partial charge in [0.1, 0.15) is 0 Å². The number of benzene rings is 1. The van der Waals surface area contributed by atoms with Gasteiger partial charge >= 0.3 is 0 Å². The van der Waals surface area contributed by atoms with E-state index in [0.29, 0.717) is 18.1 Å². The molecule has 2 rings (SSSR count). The Bertz CT molecular complexity index is 495. The Kier molecular flexibility index (Phi) is 4.36. The largest absolute Gasteiger partial charge is 0.387 e. The number of nitrogens with zero attached hydrogens (tertiary/aromatic N) is 2. The molecule has 1 heterocycles. The SMILES string of the molecule is Cn1cc(CNCC(O)c2ccc(Cl)cc2)cn1. The van der Waals surface area contributed by atoms with E-state index in [-0.39, 0.29) is 0 Å². The molecule has 1 atom stereocenters. The van der Waals surface area contributed by atoms with Crippen LogP contribution in [0.15, 0.2) is 36.7 Å². The fraction of sp³-hybridized carbons (Fsp3) is 0.308. The van der Waals surface area contributed by atoms with E-state index in [4.69, 9.17) is 11.6 Å². The van der Waals surface area contributed by atoms with Gasteiger partial charge in [-0.3, -0.25) is 4.68 Å². The Balaban J connectivity index is 1.81. The minimum Gasteiger partial charge on any atom is -0.387 e. The van der Waals surface area contributed by atoms with E-state index in [2.05, 4.69) is 10.4 Å². The first-order valence-corrected chi connectivity index (χ1v) is 6.15. The fourth-order valence-corrected chi connectivity index (χ4v) is 1.85. The van der Waals surface area contributed by atoms with Crippen molar-refractivity contribution in [3.63, 3.8) is 0 Å². The molecule has 2 N–H and O–H groups in total. The van der Waals surface area contributed by atoms with Gasteiger partial charge in [0.05, 0.1) is 12.3 Å². The van der Waals surface area contributed by atoms with Crippen molar-refractivity contribution >= 4 is 11.6 Å². The Morgan fingerprint density at radius 3 is 2.72 bits per heavy atom. The van der Waals surface area contributed by atoms with E-state index in [1.165, 1.54) is 0 Å². The van der Waals surface area contributed by atoms with Gasteiger partial charge in [-0.25, -0.2) is 0 Å². The van der Waals surface area contributed by atoms with E-state index < -0.39 is 6.10 Å². The van der Waals surface area contributed by atoms with Gasteiger partial charge in [0.25, 0.3) is 0 Å². The second-order valence-corrected chi connectivity index (χ2v) is 4.66. The molecule has 0 saturated heterocycles. The summed E-state index contributed by atoms with van der Waals surface area (Å²) in [6.45, 7) is 1.19. The summed E-state index contributed by atoms with van der Waals surface area (Å²) in [4.78, 5) is 0. The molecule has 96 valence electrons. The Hall–Kier alpha value is -1.36. The van der Waals surface area contributed by atoms with Crippen molar-refractivity contribution in [3.8, 4) is 0 Å². The molecule has 2 aromatic rings. The lowest BCUT2D eigenvalue weighted by Gasteiger charge is -2.11. The summed E-state index contributed by atoms with van der Waals surface area (Å²) >= 11 is 5.80. The second kappa shape index (κ2) is 6.00. The number of hydrogen-bond acceptors (Lipinski definition) is 3. The average molecular weight is 266 g/mol. The summed E-state index contributed by atoms with van der Waals surface area (Å²) in [5.41, 5.74) is 1.96. The zero-order chi connectivity index (χ0) is 13.0. The van der Waals surface area contributed by atoms with Crippen LogP contribution in [0.5, 0.6) is 0 Å². The molecular formula is C13H16ClN3O. The Morgan fingerprint density at radius 1 is 1.39 bits per heavy atom. The van der Waals surface area contributed by atoms with Crippen LogP contribution in [0, 0.1) is 0 Å². The first-order valence-electron chi connectivity index (χ1n) is 5.77. The molecule has 0 aliphatic rings. The van der Waals surface area contributed by atoms with Gasteiger partial charge < -0.3 is 10.4 Å². The molecule has 0 amide bonds. The van der Waals surface area contributed by atoms with E-state index in [0.717, 1.165) is 11.1 Å². The van der Waals surface area contributed by atoms with Gasteiger partial charge in [-0.2, -0.15) is 5.10 Å². The molecule has 0 spiro atoms. The predicted octanol–water partition coefficient (Wildman–Crippen LogP) is 1.90. The highest BCUT2D eigenvalue weighted by atomic mass is 35.5. The maximum Gasteiger partial charge on any atom is 0.0914 e. The number of aryl methyl sites for hydroxylation is 1. The quantitative estimate of drug-likeness (QED) is 0.868. The van der Waals surface area contributed by atoms with E-state index in [1.807, 2.05) is 31.6 Å². The smallest absolute Gasteiger partial charge is 0.0914 e. The van der Waals surface area contributed by atoms with Crippen LogP contribution in [0.1, 0.15) is 17.2 Å². The molecule has 5 heteroatoms. The van der Waals surface area contributed by atoms with Crippen LogP contribution in [0.25, 0.3) is 0 Å². The molecule has 1 aromatic carbocycles. The standard InChI is InChI=1S/C13H16ClN3O/c1-17-9-10(7-16-17)6-15-8-13(18)11-2-4-12(14)5-3-11/h2-5,7,9,13,15,18H,6,8H2,1H3. The third-order valence-electron chi connectivity index (χ3n) is 2.68. The van der Waals surface area contributed by atoms with Crippen LogP contribution in [-0.2, 0) is 13.6 Å². The summed E-state index contributed by atoms with van der Waals surface area (Å²) < 4.78 is 1.76. The molecule has 0 aliphatic heterocycles. The third kappa shape index (κ3) is 3.57. The number of nitrogens with one attached hydrogen (secondary N) is 1. The number of aromatic nitrogens is 2. The highest BCUT2D eigenvalue weighted by Crippen LogP contribution is 2.15. The van der Waals surface area contributed by atoms with Crippen molar-refractivity contribution in [1.82, 2.24) is 15.1 Å². The summed E-state index contributed by atoms with van der Waals surface area (Å²) in [5.74, 6) is 0. The summed E-state index contributed by atoms with van der Waals surface area (Å²) in [6.07, 6.45) is 3.22. The minimum atomic E-state index is -0.529. The molecule has 0 saturated carbocycles. The topological polar surface area (TPSA) is 50.1 Å². The first-order chi connectivity index (χ1) is 8.65. The number of hydrogen-bond donors (Lipinski definition) is 2. The second-order valence-electron chi connectivity index (χ2n) is 4.22. The monoisotopic (exact) mass is 265 g/mol. The normalized spacial score (nSPS) is 12.6. The predicted molar refractivity (Wildman–Crippen MR) is 71.3 cm³/mol. The van der Waals surface area contributed by atoms with Crippen molar-refractivity contribution in [2.24, 2.45) is 7.05 Å². The summed E-state index contributed by atoms with van der Waals surface area (Å²) in [6, 6.07) is 7.22. The molecule has 4 nitrogen and oxygen atoms in total. The van der Waals surface area contributed by atoms with Crippen LogP contribution in [0.2, 0.25) is 5.02 Å². The van der Waals surface area contributed by atoms with Gasteiger partial charge in [0.2, 0.25) is 0 Å². The number of rotatable bonds is 5. The number of aliphatic hydroxyl groups is 1. The van der Waals surface area contributed by atoms with Crippen LogP contribution >= 0.6 is 11.6 Å². The van der Waals surface area contributed by atoms with Gasteiger partial charge in [-0.1, -0.05) is 23.7 Å². The number of aliphatic hydroxyl groups excluding tert-OH is 1. The zero-order valence-electron chi connectivity index (χ0n) is 10.2. The molecule has 0 fully saturated rings. The molecule has 1 unspecified atom stereocenters. The highest BCUT2D eigenvalue weighted by Gasteiger charge is 2.06. The maximum atomic E-state index is 9.97. The molecule has 1 aromatic heterocycles. The van der Waals surface area contributed by atoms with Crippen molar-refractivity contribution in [2.75, 3.05) is 6.54 Å². The maximum absolute atomic E-state index is 9.97. The van der Waals surface area contributed by atoms with E-state index >= 15 is 0 Å². The highest BCUT2D eigenvalue weighted by molar-refractivity contribution is 6.30. The third-order valence-corrected chi connectivity index (χ3v) is 2.93. The van der Waals surface area contributed by atoms with E-state index in [9.17, 15) is 5.11 Å². The molecule has 18 heavy (non-hydrogen) atoms. The lowest BCUT2D eigenvalue weighted by molar-refractivity contribution is 0.174. The minimum absolute atomic E-state index is 0.497. The summed E-state index contributed by atoms with van der Waals surface area (Å²) in [7, 11) is 1.88. The van der Waals surface area contributed by atoms with Gasteiger partial charge in [0, 0.05) is 36.9 Å². The molecule has 0 bridgehead atoms. The van der Waals surface area contributed by atoms with Crippen LogP contribution in [0.4, 0.5) is 0 Å². The van der Waals surface area contributed by atoms with Crippen molar-refractivity contribution in [3.05, 3.63) is 52.8 Å². The van der Waals surface area contributed by atoms with E-state index in [1.54, 1.807) is 16.8 Å². The van der Waals surface area contributed by atoms with Gasteiger partial charge in [-0.05, 0) is 17.7 Å². The van der Waals surface area contributed by atoms with Crippen LogP contribution < -0.4 is 5.32 Å². The van der Waals surface area contributed by atoms with Crippen LogP contribution in [-0.4, -0.2) is 21.4 Å². The Labute approximate surface area is 111 Å². The fourth-order valence-electron chi connectivity index (χ4n) is 1.72. The lowest BCUT2D eigenvalue weighted by atomic mass is 10.1.